The van der Waals surface area contributed by atoms with Crippen LogP contribution in [0.25, 0.3) is 0 Å². The normalized spacial score (nSPS) is 22.5. The van der Waals surface area contributed by atoms with Crippen molar-refractivity contribution in [2.24, 2.45) is 5.16 Å². The molecular formula is C13H17N3O3. The monoisotopic (exact) mass is 263 g/mol. The van der Waals surface area contributed by atoms with Gasteiger partial charge in [0.25, 0.3) is 5.69 Å². The Kier molecular flexibility index (Phi) is 3.28. The summed E-state index contributed by atoms with van der Waals surface area (Å²) < 4.78 is 0. The number of oxime groups is 1. The number of hydrogen-bond donors (Lipinski definition) is 0. The maximum Gasteiger partial charge on any atom is 0.269 e. The third-order valence-corrected chi connectivity index (χ3v) is 3.80. The molecule has 2 rings (SSSR count). The van der Waals surface area contributed by atoms with Gasteiger partial charge in [0.2, 0.25) is 6.23 Å². The number of hydrogen-bond acceptors (Lipinski definition) is 5. The predicted octanol–water partition coefficient (Wildman–Crippen LogP) is 2.71. The highest BCUT2D eigenvalue weighted by Crippen LogP contribution is 2.33. The molecule has 0 aromatic heterocycles. The van der Waals surface area contributed by atoms with Crippen molar-refractivity contribution >= 4 is 11.4 Å². The van der Waals surface area contributed by atoms with Gasteiger partial charge in [-0.3, -0.25) is 15.0 Å². The fraction of sp³-hybridized carbons (Fsp3) is 0.462. The Balaban J connectivity index is 2.30. The number of benzene rings is 1. The van der Waals surface area contributed by atoms with E-state index in [2.05, 4.69) is 23.9 Å². The van der Waals surface area contributed by atoms with Gasteiger partial charge in [0, 0.05) is 17.7 Å². The van der Waals surface area contributed by atoms with E-state index in [4.69, 9.17) is 4.84 Å². The Morgan fingerprint density at radius 3 is 2.47 bits per heavy atom. The van der Waals surface area contributed by atoms with Crippen molar-refractivity contribution in [2.45, 2.75) is 32.5 Å². The molecule has 19 heavy (non-hydrogen) atoms. The van der Waals surface area contributed by atoms with Gasteiger partial charge in [0.1, 0.15) is 0 Å². The summed E-state index contributed by atoms with van der Waals surface area (Å²) in [6.07, 6.45) is -0.334. The molecule has 1 aromatic carbocycles. The van der Waals surface area contributed by atoms with Crippen LogP contribution in [0.3, 0.4) is 0 Å². The zero-order valence-electron chi connectivity index (χ0n) is 11.5. The molecule has 0 saturated carbocycles. The van der Waals surface area contributed by atoms with E-state index in [-0.39, 0.29) is 17.5 Å². The highest BCUT2D eigenvalue weighted by Gasteiger charge is 2.38. The van der Waals surface area contributed by atoms with Gasteiger partial charge in [-0.25, -0.2) is 0 Å². The van der Waals surface area contributed by atoms with Crippen LogP contribution in [0, 0.1) is 10.1 Å². The maximum atomic E-state index is 10.6. The topological polar surface area (TPSA) is 68.0 Å². The predicted molar refractivity (Wildman–Crippen MR) is 71.9 cm³/mol. The van der Waals surface area contributed by atoms with Crippen LogP contribution in [-0.2, 0) is 4.84 Å². The number of nitro benzene ring substituents is 1. The van der Waals surface area contributed by atoms with Crippen molar-refractivity contribution in [3.8, 4) is 0 Å². The standard InChI is InChI=1S/C13H17N3O3/c1-9-13(2,3)15(4)12(19-14-9)10-5-7-11(8-6-10)16(17)18/h5-8,12H,1-4H3/t12-/m1/s1. The molecule has 0 saturated heterocycles. The van der Waals surface area contributed by atoms with E-state index in [1.165, 1.54) is 12.1 Å². The molecule has 1 aliphatic rings. The average molecular weight is 263 g/mol. The first-order valence-electron chi connectivity index (χ1n) is 6.02. The van der Waals surface area contributed by atoms with Crippen LogP contribution in [0.2, 0.25) is 0 Å². The zero-order chi connectivity index (χ0) is 14.2. The molecule has 1 atom stereocenters. The second-order valence-corrected chi connectivity index (χ2v) is 5.15. The second kappa shape index (κ2) is 4.62. The number of nitro groups is 1. The van der Waals surface area contributed by atoms with Gasteiger partial charge in [-0.05, 0) is 40.0 Å². The third-order valence-electron chi connectivity index (χ3n) is 3.80. The van der Waals surface area contributed by atoms with E-state index in [1.54, 1.807) is 12.1 Å². The van der Waals surface area contributed by atoms with E-state index in [1.807, 2.05) is 14.0 Å². The molecule has 1 aliphatic heterocycles. The summed E-state index contributed by atoms with van der Waals surface area (Å²) in [5.74, 6) is 0. The largest absolute Gasteiger partial charge is 0.371 e. The lowest BCUT2D eigenvalue weighted by Crippen LogP contribution is -2.51. The van der Waals surface area contributed by atoms with Crippen molar-refractivity contribution in [1.29, 1.82) is 0 Å². The van der Waals surface area contributed by atoms with Gasteiger partial charge in [-0.1, -0.05) is 5.16 Å². The van der Waals surface area contributed by atoms with Gasteiger partial charge in [0.15, 0.2) is 0 Å². The molecule has 102 valence electrons. The first-order chi connectivity index (χ1) is 8.84. The van der Waals surface area contributed by atoms with Gasteiger partial charge >= 0.3 is 0 Å². The van der Waals surface area contributed by atoms with Crippen molar-refractivity contribution in [2.75, 3.05) is 7.05 Å². The first-order valence-corrected chi connectivity index (χ1v) is 6.02. The molecule has 0 fully saturated rings. The Hall–Kier alpha value is -1.95. The summed E-state index contributed by atoms with van der Waals surface area (Å²) in [7, 11) is 1.95. The fourth-order valence-corrected chi connectivity index (χ4v) is 1.90. The lowest BCUT2D eigenvalue weighted by molar-refractivity contribution is -0.384. The molecule has 1 heterocycles. The van der Waals surface area contributed by atoms with Crippen LogP contribution < -0.4 is 0 Å². The average Bonchev–Trinajstić information content (AvgIpc) is 2.37. The zero-order valence-corrected chi connectivity index (χ0v) is 11.5. The van der Waals surface area contributed by atoms with Gasteiger partial charge in [-0.15, -0.1) is 0 Å². The van der Waals surface area contributed by atoms with Crippen molar-refractivity contribution in [3.63, 3.8) is 0 Å². The van der Waals surface area contributed by atoms with Gasteiger partial charge in [0.05, 0.1) is 16.2 Å². The summed E-state index contributed by atoms with van der Waals surface area (Å²) in [6, 6.07) is 6.35. The minimum absolute atomic E-state index is 0.0705. The lowest BCUT2D eigenvalue weighted by atomic mass is 9.95. The Labute approximate surface area is 111 Å². The van der Waals surface area contributed by atoms with Crippen molar-refractivity contribution in [1.82, 2.24) is 4.90 Å². The Bertz CT molecular complexity index is 522. The minimum atomic E-state index is -0.415. The molecule has 1 aromatic rings. The van der Waals surface area contributed by atoms with E-state index < -0.39 is 4.92 Å². The summed E-state index contributed by atoms with van der Waals surface area (Å²) >= 11 is 0. The highest BCUT2D eigenvalue weighted by molar-refractivity contribution is 5.90. The summed E-state index contributed by atoms with van der Waals surface area (Å²) in [6.45, 7) is 6.04. The fourth-order valence-electron chi connectivity index (χ4n) is 1.90. The first kappa shape index (κ1) is 13.5. The van der Waals surface area contributed by atoms with E-state index >= 15 is 0 Å². The minimum Gasteiger partial charge on any atom is -0.371 e. The Morgan fingerprint density at radius 1 is 1.37 bits per heavy atom. The molecule has 0 amide bonds. The van der Waals surface area contributed by atoms with Gasteiger partial charge in [-0.2, -0.15) is 0 Å². The molecule has 0 N–H and O–H groups in total. The SMILES string of the molecule is CC1=NO[C@H](c2ccc([N+](=O)[O-])cc2)N(C)C1(C)C. The molecule has 6 nitrogen and oxygen atoms in total. The van der Waals surface area contributed by atoms with Crippen LogP contribution in [0.15, 0.2) is 29.4 Å². The molecule has 6 heteroatoms. The molecular weight excluding hydrogens is 246 g/mol. The highest BCUT2D eigenvalue weighted by atomic mass is 16.7. The molecule has 0 aliphatic carbocycles. The summed E-state index contributed by atoms with van der Waals surface area (Å²) in [5, 5.41) is 14.7. The summed E-state index contributed by atoms with van der Waals surface area (Å²) in [5.41, 5.74) is 1.59. The molecule has 0 radical (unpaired) electrons. The van der Waals surface area contributed by atoms with Crippen LogP contribution in [0.4, 0.5) is 5.69 Å². The second-order valence-electron chi connectivity index (χ2n) is 5.15. The van der Waals surface area contributed by atoms with Crippen molar-refractivity contribution < 1.29 is 9.76 Å². The van der Waals surface area contributed by atoms with Crippen LogP contribution in [-0.4, -0.2) is 28.1 Å². The van der Waals surface area contributed by atoms with E-state index in [0.29, 0.717) is 0 Å². The van der Waals surface area contributed by atoms with E-state index in [0.717, 1.165) is 11.3 Å². The molecule has 0 bridgehead atoms. The number of non-ortho nitro benzene ring substituents is 1. The quantitative estimate of drug-likeness (QED) is 0.607. The third kappa shape index (κ3) is 2.31. The van der Waals surface area contributed by atoms with Crippen LogP contribution >= 0.6 is 0 Å². The smallest absolute Gasteiger partial charge is 0.269 e. The van der Waals surface area contributed by atoms with Crippen LogP contribution in [0.5, 0.6) is 0 Å². The van der Waals surface area contributed by atoms with Crippen LogP contribution in [0.1, 0.15) is 32.6 Å². The maximum absolute atomic E-state index is 10.6. The molecule has 0 spiro atoms. The number of nitrogens with zero attached hydrogens (tertiary/aromatic N) is 3. The van der Waals surface area contributed by atoms with Gasteiger partial charge < -0.3 is 4.84 Å². The Morgan fingerprint density at radius 2 is 1.95 bits per heavy atom. The number of rotatable bonds is 2. The molecule has 0 unspecified atom stereocenters. The van der Waals surface area contributed by atoms with E-state index in [9.17, 15) is 10.1 Å². The summed E-state index contributed by atoms with van der Waals surface area (Å²) in [4.78, 5) is 17.7. The van der Waals surface area contributed by atoms with Crippen molar-refractivity contribution in [3.05, 3.63) is 39.9 Å². The lowest BCUT2D eigenvalue weighted by Gasteiger charge is -2.42.